The lowest BCUT2D eigenvalue weighted by Gasteiger charge is -2.35. The van der Waals surface area contributed by atoms with E-state index in [0.717, 1.165) is 66.1 Å². The quantitative estimate of drug-likeness (QED) is 0.352. The number of amides is 1. The Kier molecular flexibility index (Phi) is 7.24. The van der Waals surface area contributed by atoms with E-state index >= 15 is 0 Å². The van der Waals surface area contributed by atoms with Gasteiger partial charge in [-0.2, -0.15) is 18.3 Å². The lowest BCUT2D eigenvalue weighted by atomic mass is 9.87. The number of allylic oxidation sites excluding steroid dienone is 1. The van der Waals surface area contributed by atoms with Crippen molar-refractivity contribution < 1.29 is 22.7 Å². The van der Waals surface area contributed by atoms with Gasteiger partial charge in [0, 0.05) is 49.1 Å². The molecular weight excluding hydrogens is 543 g/mol. The lowest BCUT2D eigenvalue weighted by Crippen LogP contribution is -2.35. The van der Waals surface area contributed by atoms with Gasteiger partial charge in [-0.15, -0.1) is 0 Å². The number of hydrogen-bond acceptors (Lipinski definition) is 5. The van der Waals surface area contributed by atoms with Crippen LogP contribution in [0.25, 0.3) is 5.70 Å². The zero-order chi connectivity index (χ0) is 29.6. The van der Waals surface area contributed by atoms with Gasteiger partial charge in [0.1, 0.15) is 11.5 Å². The zero-order valence-electron chi connectivity index (χ0n) is 23.9. The van der Waals surface area contributed by atoms with Crippen LogP contribution in [0.2, 0.25) is 0 Å². The first-order chi connectivity index (χ1) is 20.2. The highest BCUT2D eigenvalue weighted by Crippen LogP contribution is 2.47. The van der Waals surface area contributed by atoms with Gasteiger partial charge >= 0.3 is 6.18 Å². The minimum atomic E-state index is -4.59. The largest absolute Gasteiger partial charge is 0.497 e. The molecule has 0 spiro atoms. The van der Waals surface area contributed by atoms with Gasteiger partial charge < -0.3 is 19.9 Å². The minimum Gasteiger partial charge on any atom is -0.497 e. The second-order valence-corrected chi connectivity index (χ2v) is 11.1. The fourth-order valence-corrected chi connectivity index (χ4v) is 6.03. The van der Waals surface area contributed by atoms with E-state index in [9.17, 15) is 18.0 Å². The van der Waals surface area contributed by atoms with Crippen molar-refractivity contribution >= 4 is 28.7 Å². The number of ether oxygens (including phenoxy) is 1. The molecule has 2 N–H and O–H groups in total. The third kappa shape index (κ3) is 5.14. The van der Waals surface area contributed by atoms with E-state index in [-0.39, 0.29) is 17.6 Å². The SMILES string of the molecule is CCc1cc(OC)cc(C2=NN(c3cc(N4CCC(NC(C)=O)C4)ccc3C(F)(F)F)C(=C3CCC3)c3[nH]ccc32)c1. The van der Waals surface area contributed by atoms with Gasteiger partial charge in [-0.25, -0.2) is 5.01 Å². The number of halogens is 3. The van der Waals surface area contributed by atoms with Crippen LogP contribution in [0.1, 0.15) is 67.5 Å². The number of fused-ring (bicyclic) bond motifs is 1. The van der Waals surface area contributed by atoms with Crippen molar-refractivity contribution in [3.8, 4) is 5.75 Å². The lowest BCUT2D eigenvalue weighted by molar-refractivity contribution is -0.137. The Morgan fingerprint density at radius 2 is 1.98 bits per heavy atom. The van der Waals surface area contributed by atoms with Gasteiger partial charge in [0.2, 0.25) is 5.91 Å². The number of aryl methyl sites for hydroxylation is 1. The Bertz CT molecular complexity index is 1560. The Labute approximate surface area is 243 Å². The molecular formula is C32H34F3N5O2. The fraction of sp³-hybridized carbons (Fsp3) is 0.375. The number of aromatic amines is 1. The average molecular weight is 578 g/mol. The van der Waals surface area contributed by atoms with Crippen LogP contribution < -0.4 is 20.0 Å². The molecule has 42 heavy (non-hydrogen) atoms. The first-order valence-corrected chi connectivity index (χ1v) is 14.4. The molecule has 3 heterocycles. The van der Waals surface area contributed by atoms with Crippen LogP contribution in [-0.2, 0) is 17.4 Å². The Balaban J connectivity index is 1.53. The number of nitrogens with zero attached hydrogens (tertiary/aromatic N) is 3. The fourth-order valence-electron chi connectivity index (χ4n) is 6.03. The maximum absolute atomic E-state index is 14.6. The van der Waals surface area contributed by atoms with Crippen molar-refractivity contribution in [3.05, 3.63) is 82.2 Å². The first-order valence-electron chi connectivity index (χ1n) is 14.4. The zero-order valence-corrected chi connectivity index (χ0v) is 23.9. The van der Waals surface area contributed by atoms with E-state index in [0.29, 0.717) is 35.9 Å². The maximum atomic E-state index is 14.6. The van der Waals surface area contributed by atoms with Crippen LogP contribution in [0.15, 0.2) is 59.3 Å². The van der Waals surface area contributed by atoms with E-state index < -0.39 is 11.7 Å². The number of H-pyrrole nitrogens is 1. The normalized spacial score (nSPS) is 18.5. The number of hydrogen-bond donors (Lipinski definition) is 2. The molecule has 1 saturated carbocycles. The van der Waals surface area contributed by atoms with Gasteiger partial charge in [0.25, 0.3) is 0 Å². The summed E-state index contributed by atoms with van der Waals surface area (Å²) in [6.45, 7) is 4.67. The molecule has 2 aliphatic heterocycles. The highest BCUT2D eigenvalue weighted by atomic mass is 19.4. The molecule has 0 bridgehead atoms. The molecule has 3 aliphatic rings. The van der Waals surface area contributed by atoms with Crippen molar-refractivity contribution in [2.45, 2.75) is 58.2 Å². The summed E-state index contributed by atoms with van der Waals surface area (Å²) in [4.78, 5) is 16.9. The summed E-state index contributed by atoms with van der Waals surface area (Å²) in [6, 6.07) is 12.0. The van der Waals surface area contributed by atoms with Gasteiger partial charge in [0.05, 0.1) is 29.8 Å². The second-order valence-electron chi connectivity index (χ2n) is 11.1. The summed E-state index contributed by atoms with van der Waals surface area (Å²) in [5.74, 6) is 0.548. The summed E-state index contributed by atoms with van der Waals surface area (Å²) < 4.78 is 49.4. The van der Waals surface area contributed by atoms with Crippen LogP contribution in [0.3, 0.4) is 0 Å². The number of nitrogens with one attached hydrogen (secondary N) is 2. The standard InChI is InChI=1S/C32H34F3N5O2/c1-4-20-14-22(16-25(15-20)42-3)29-26-10-12-36-30(26)31(21-6-5-7-21)40(38-29)28-17-24(8-9-27(28)32(33,34)35)39-13-11-23(18-39)37-19(2)41/h8-10,12,14-17,23,36H,4-7,11,13,18H2,1-3H3,(H,37,41). The summed E-state index contributed by atoms with van der Waals surface area (Å²) in [7, 11) is 1.60. The number of benzene rings is 2. The van der Waals surface area contributed by atoms with Gasteiger partial charge in [0.15, 0.2) is 0 Å². The molecule has 10 heteroatoms. The molecule has 3 aromatic rings. The molecule has 1 atom stereocenters. The molecule has 2 fully saturated rings. The van der Waals surface area contributed by atoms with Crippen LogP contribution in [0.5, 0.6) is 5.75 Å². The van der Waals surface area contributed by atoms with Crippen LogP contribution in [-0.4, -0.2) is 42.8 Å². The van der Waals surface area contributed by atoms with Crippen LogP contribution >= 0.6 is 0 Å². The van der Waals surface area contributed by atoms with Gasteiger partial charge in [-0.1, -0.05) is 6.92 Å². The maximum Gasteiger partial charge on any atom is 0.418 e. The third-order valence-corrected chi connectivity index (χ3v) is 8.30. The predicted octanol–water partition coefficient (Wildman–Crippen LogP) is 6.49. The van der Waals surface area contributed by atoms with E-state index in [1.54, 1.807) is 13.2 Å². The summed E-state index contributed by atoms with van der Waals surface area (Å²) >= 11 is 0. The first kappa shape index (κ1) is 27.9. The highest BCUT2D eigenvalue weighted by Gasteiger charge is 2.39. The molecule has 220 valence electrons. The molecule has 7 nitrogen and oxygen atoms in total. The number of methoxy groups -OCH3 is 1. The molecule has 1 unspecified atom stereocenters. The molecule has 1 aliphatic carbocycles. The number of carbonyl (C=O) groups is 1. The van der Waals surface area contributed by atoms with E-state index in [4.69, 9.17) is 9.84 Å². The Morgan fingerprint density at radius 1 is 1.17 bits per heavy atom. The van der Waals surface area contributed by atoms with Gasteiger partial charge in [-0.05, 0) is 85.7 Å². The highest BCUT2D eigenvalue weighted by molar-refractivity contribution is 6.18. The predicted molar refractivity (Wildman–Crippen MR) is 158 cm³/mol. The Morgan fingerprint density at radius 3 is 2.64 bits per heavy atom. The monoisotopic (exact) mass is 577 g/mol. The number of hydrazone groups is 1. The van der Waals surface area contributed by atoms with Crippen molar-refractivity contribution in [2.24, 2.45) is 5.10 Å². The smallest absolute Gasteiger partial charge is 0.418 e. The number of carbonyl (C=O) groups excluding carboxylic acids is 1. The van der Waals surface area contributed by atoms with Crippen molar-refractivity contribution in [1.29, 1.82) is 0 Å². The van der Waals surface area contributed by atoms with Crippen molar-refractivity contribution in [2.75, 3.05) is 30.1 Å². The van der Waals surface area contributed by atoms with E-state index in [1.807, 2.05) is 42.3 Å². The summed E-state index contributed by atoms with van der Waals surface area (Å²) in [6.07, 6.45) is 1.31. The average Bonchev–Trinajstić information content (AvgIpc) is 3.61. The van der Waals surface area contributed by atoms with Crippen LogP contribution in [0.4, 0.5) is 24.5 Å². The molecule has 1 saturated heterocycles. The Hall–Kier alpha value is -4.21. The number of aromatic nitrogens is 1. The minimum absolute atomic E-state index is 0.0197. The van der Waals surface area contributed by atoms with Crippen LogP contribution in [0, 0.1) is 0 Å². The molecule has 1 amide bonds. The second kappa shape index (κ2) is 10.9. The van der Waals surface area contributed by atoms with Gasteiger partial charge in [-0.3, -0.25) is 4.79 Å². The number of rotatable bonds is 6. The number of anilines is 2. The number of alkyl halides is 3. The van der Waals surface area contributed by atoms with E-state index in [2.05, 4.69) is 10.3 Å². The molecule has 0 radical (unpaired) electrons. The van der Waals surface area contributed by atoms with E-state index in [1.165, 1.54) is 18.0 Å². The summed E-state index contributed by atoms with van der Waals surface area (Å²) in [5.41, 5.74) is 5.65. The third-order valence-electron chi connectivity index (χ3n) is 8.30. The molecule has 1 aromatic heterocycles. The van der Waals surface area contributed by atoms with Crippen molar-refractivity contribution in [1.82, 2.24) is 10.3 Å². The molecule has 2 aromatic carbocycles. The summed E-state index contributed by atoms with van der Waals surface area (Å²) in [5, 5.41) is 9.44. The van der Waals surface area contributed by atoms with Crippen molar-refractivity contribution in [3.63, 3.8) is 0 Å². The molecule has 6 rings (SSSR count). The topological polar surface area (TPSA) is 73.0 Å².